The van der Waals surface area contributed by atoms with Gasteiger partial charge in [0.1, 0.15) is 11.8 Å². The van der Waals surface area contributed by atoms with Crippen LogP contribution in [-0.4, -0.2) is 16.8 Å². The summed E-state index contributed by atoms with van der Waals surface area (Å²) in [6.07, 6.45) is 0. The Hall–Kier alpha value is -2.70. The average molecular weight is 482 g/mol. The van der Waals surface area contributed by atoms with Crippen LogP contribution in [0.15, 0.2) is 76.1 Å². The molecule has 1 fully saturated rings. The molecule has 1 amide bonds. The summed E-state index contributed by atoms with van der Waals surface area (Å²) in [5.74, 6) is -1.12. The molecule has 1 unspecified atom stereocenters. The Balaban J connectivity index is 1.87. The predicted octanol–water partition coefficient (Wildman–Crippen LogP) is 6.26. The first-order valence-corrected chi connectivity index (χ1v) is 11.3. The largest absolute Gasteiger partial charge is 0.507 e. The van der Waals surface area contributed by atoms with Gasteiger partial charge in [0.05, 0.1) is 5.57 Å². The fraction of sp³-hybridized carbons (Fsp3) is 0.167. The van der Waals surface area contributed by atoms with Crippen molar-refractivity contribution in [3.63, 3.8) is 0 Å². The lowest BCUT2D eigenvalue weighted by molar-refractivity contribution is -0.132. The third kappa shape index (κ3) is 3.61. The quantitative estimate of drug-likeness (QED) is 0.271. The highest BCUT2D eigenvalue weighted by Gasteiger charge is 2.47. The first-order valence-electron chi connectivity index (χ1n) is 9.58. The average Bonchev–Trinajstić information content (AvgIpc) is 3.35. The van der Waals surface area contributed by atoms with Gasteiger partial charge in [-0.25, -0.2) is 0 Å². The lowest BCUT2D eigenvalue weighted by Gasteiger charge is -2.24. The molecule has 1 saturated heterocycles. The number of ketones is 1. The second kappa shape index (κ2) is 8.20. The number of carbonyl (C=O) groups excluding carboxylic acids is 2. The lowest BCUT2D eigenvalue weighted by Crippen LogP contribution is -2.29. The minimum Gasteiger partial charge on any atom is -0.507 e. The Bertz CT molecular complexity index is 1120. The molecule has 0 aliphatic carbocycles. The van der Waals surface area contributed by atoms with E-state index in [4.69, 9.17) is 0 Å². The van der Waals surface area contributed by atoms with Crippen molar-refractivity contribution < 1.29 is 14.7 Å². The van der Waals surface area contributed by atoms with Gasteiger partial charge < -0.3 is 5.11 Å². The zero-order chi connectivity index (χ0) is 21.4. The number of hydrogen-bond acceptors (Lipinski definition) is 4. The highest BCUT2D eigenvalue weighted by atomic mass is 79.9. The second-order valence-electron chi connectivity index (χ2n) is 7.44. The van der Waals surface area contributed by atoms with Crippen molar-refractivity contribution in [1.82, 2.24) is 0 Å². The number of aliphatic hydroxyl groups is 1. The maximum Gasteiger partial charge on any atom is 0.300 e. The molecule has 152 valence electrons. The van der Waals surface area contributed by atoms with Gasteiger partial charge in [0.25, 0.3) is 11.7 Å². The van der Waals surface area contributed by atoms with E-state index in [0.717, 1.165) is 14.9 Å². The van der Waals surface area contributed by atoms with Gasteiger partial charge in [-0.05, 0) is 47.2 Å². The second-order valence-corrected chi connectivity index (χ2v) is 9.33. The summed E-state index contributed by atoms with van der Waals surface area (Å²) < 4.78 is 0.861. The van der Waals surface area contributed by atoms with E-state index in [1.807, 2.05) is 41.8 Å². The molecule has 1 aromatic heterocycles. The maximum absolute atomic E-state index is 13.1. The Kier molecular flexibility index (Phi) is 5.62. The third-order valence-electron chi connectivity index (χ3n) is 5.21. The number of carbonyl (C=O) groups is 2. The number of aliphatic hydroxyl groups excluding tert-OH is 1. The van der Waals surface area contributed by atoms with Gasteiger partial charge in [-0.1, -0.05) is 60.1 Å². The van der Waals surface area contributed by atoms with Crippen LogP contribution in [0.4, 0.5) is 5.69 Å². The van der Waals surface area contributed by atoms with E-state index in [-0.39, 0.29) is 11.3 Å². The van der Waals surface area contributed by atoms with Crippen LogP contribution in [0.25, 0.3) is 5.76 Å². The molecule has 1 atom stereocenters. The first kappa shape index (κ1) is 20.6. The zero-order valence-corrected chi connectivity index (χ0v) is 18.9. The number of Topliss-reactive ketones (excluding diaryl/α,β-unsaturated/α-hetero) is 1. The fourth-order valence-corrected chi connectivity index (χ4v) is 4.69. The van der Waals surface area contributed by atoms with Crippen molar-refractivity contribution in [2.24, 2.45) is 0 Å². The minimum absolute atomic E-state index is 0.109. The van der Waals surface area contributed by atoms with E-state index in [9.17, 15) is 14.7 Å². The van der Waals surface area contributed by atoms with E-state index in [0.29, 0.717) is 17.2 Å². The van der Waals surface area contributed by atoms with Crippen LogP contribution in [-0.2, 0) is 9.59 Å². The first-order chi connectivity index (χ1) is 14.4. The molecule has 3 aromatic rings. The number of thiophene rings is 1. The van der Waals surface area contributed by atoms with Gasteiger partial charge in [0.2, 0.25) is 0 Å². The number of amides is 1. The van der Waals surface area contributed by atoms with Crippen molar-refractivity contribution in [3.05, 3.63) is 92.1 Å². The van der Waals surface area contributed by atoms with Crippen molar-refractivity contribution in [3.8, 4) is 0 Å². The molecule has 0 radical (unpaired) electrons. The minimum atomic E-state index is -0.679. The lowest BCUT2D eigenvalue weighted by atomic mass is 9.99. The van der Waals surface area contributed by atoms with Crippen molar-refractivity contribution >= 4 is 50.4 Å². The fourth-order valence-electron chi connectivity index (χ4n) is 3.60. The Morgan fingerprint density at radius 3 is 2.27 bits per heavy atom. The number of benzene rings is 2. The summed E-state index contributed by atoms with van der Waals surface area (Å²) in [5.41, 5.74) is 2.39. The van der Waals surface area contributed by atoms with Gasteiger partial charge >= 0.3 is 0 Å². The zero-order valence-electron chi connectivity index (χ0n) is 16.5. The van der Waals surface area contributed by atoms with Gasteiger partial charge in [-0.3, -0.25) is 14.5 Å². The van der Waals surface area contributed by atoms with Crippen LogP contribution in [0.3, 0.4) is 0 Å². The molecule has 1 N–H and O–H groups in total. The smallest absolute Gasteiger partial charge is 0.300 e. The molecule has 2 heterocycles. The topological polar surface area (TPSA) is 57.6 Å². The molecule has 30 heavy (non-hydrogen) atoms. The molecule has 1 aliphatic heterocycles. The number of nitrogens with zero attached hydrogens (tertiary/aromatic N) is 1. The number of halogens is 1. The summed E-state index contributed by atoms with van der Waals surface area (Å²) in [6, 6.07) is 17.8. The molecule has 4 rings (SSSR count). The summed E-state index contributed by atoms with van der Waals surface area (Å²) >= 11 is 4.82. The number of anilines is 1. The summed E-state index contributed by atoms with van der Waals surface area (Å²) in [5, 5.41) is 12.9. The normalized spacial score (nSPS) is 18.4. The van der Waals surface area contributed by atoms with Gasteiger partial charge in [-0.2, -0.15) is 0 Å². The van der Waals surface area contributed by atoms with E-state index < -0.39 is 17.7 Å². The molecule has 2 aromatic carbocycles. The Labute approximate surface area is 187 Å². The number of rotatable bonds is 4. The van der Waals surface area contributed by atoms with Crippen LogP contribution >= 0.6 is 27.3 Å². The Morgan fingerprint density at radius 2 is 1.70 bits per heavy atom. The van der Waals surface area contributed by atoms with E-state index in [1.54, 1.807) is 24.3 Å². The van der Waals surface area contributed by atoms with E-state index >= 15 is 0 Å². The summed E-state index contributed by atoms with van der Waals surface area (Å²) in [4.78, 5) is 28.4. The monoisotopic (exact) mass is 481 g/mol. The summed E-state index contributed by atoms with van der Waals surface area (Å²) in [6.45, 7) is 4.20. The highest BCUT2D eigenvalue weighted by Crippen LogP contribution is 2.43. The molecule has 6 heteroatoms. The van der Waals surface area contributed by atoms with Crippen LogP contribution in [0.5, 0.6) is 0 Å². The highest BCUT2D eigenvalue weighted by molar-refractivity contribution is 9.10. The van der Waals surface area contributed by atoms with Crippen LogP contribution in [0, 0.1) is 0 Å². The number of hydrogen-bond donors (Lipinski definition) is 1. The van der Waals surface area contributed by atoms with Crippen molar-refractivity contribution in [1.29, 1.82) is 0 Å². The molecule has 0 saturated carbocycles. The predicted molar refractivity (Wildman–Crippen MR) is 124 cm³/mol. The van der Waals surface area contributed by atoms with Crippen molar-refractivity contribution in [2.75, 3.05) is 4.90 Å². The molecule has 0 spiro atoms. The third-order valence-corrected chi connectivity index (χ3v) is 6.67. The van der Waals surface area contributed by atoms with Crippen LogP contribution in [0.1, 0.15) is 41.8 Å². The summed E-state index contributed by atoms with van der Waals surface area (Å²) in [7, 11) is 0. The van der Waals surface area contributed by atoms with E-state index in [2.05, 4.69) is 29.8 Å². The molecule has 0 bridgehead atoms. The van der Waals surface area contributed by atoms with E-state index in [1.165, 1.54) is 16.2 Å². The van der Waals surface area contributed by atoms with Gasteiger partial charge in [0.15, 0.2) is 0 Å². The molecule has 1 aliphatic rings. The molecule has 4 nitrogen and oxygen atoms in total. The van der Waals surface area contributed by atoms with Gasteiger partial charge in [-0.15, -0.1) is 11.3 Å². The molecular formula is C24H20BrNO3S. The SMILES string of the molecule is CC(C)c1ccc(N2C(=O)C(=O)/C(=C(\O)c3ccc(Br)cc3)C2c2cccs2)cc1. The van der Waals surface area contributed by atoms with Crippen LogP contribution < -0.4 is 4.90 Å². The maximum atomic E-state index is 13.1. The van der Waals surface area contributed by atoms with Crippen LogP contribution in [0.2, 0.25) is 0 Å². The van der Waals surface area contributed by atoms with Gasteiger partial charge in [0, 0.05) is 20.6 Å². The standard InChI is InChI=1S/C24H20BrNO3S/c1-14(2)15-7-11-18(12-8-15)26-21(19-4-3-13-30-19)20(23(28)24(26)29)22(27)16-5-9-17(25)10-6-16/h3-14,21,27H,1-2H3/b22-20-. The van der Waals surface area contributed by atoms with Crippen molar-refractivity contribution in [2.45, 2.75) is 25.8 Å². The molecular weight excluding hydrogens is 462 g/mol. The Morgan fingerprint density at radius 1 is 1.03 bits per heavy atom.